The third-order valence-corrected chi connectivity index (χ3v) is 6.39. The first-order valence-electron chi connectivity index (χ1n) is 11.4. The maximum atomic E-state index is 11.3. The maximum Gasteiger partial charge on any atom is 0.305 e. The second-order valence-electron chi connectivity index (χ2n) is 8.26. The van der Waals surface area contributed by atoms with E-state index in [1.54, 1.807) is 6.20 Å². The summed E-state index contributed by atoms with van der Waals surface area (Å²) in [7, 11) is 0. The van der Waals surface area contributed by atoms with Crippen molar-refractivity contribution in [1.82, 2.24) is 4.57 Å². The Morgan fingerprint density at radius 2 is 2.00 bits per heavy atom. The van der Waals surface area contributed by atoms with Gasteiger partial charge in [0.1, 0.15) is 5.75 Å². The molecule has 0 fully saturated rings. The first kappa shape index (κ1) is 25.3. The Hall–Kier alpha value is -3.31. The van der Waals surface area contributed by atoms with Gasteiger partial charge in [-0.1, -0.05) is 35.9 Å². The van der Waals surface area contributed by atoms with Crippen molar-refractivity contribution in [1.29, 1.82) is 0 Å². The molecule has 0 radical (unpaired) electrons. The van der Waals surface area contributed by atoms with Crippen LogP contribution in [0, 0.1) is 13.8 Å². The number of aryl methyl sites for hydroxylation is 4. The van der Waals surface area contributed by atoms with Crippen molar-refractivity contribution in [2.75, 3.05) is 6.61 Å². The summed E-state index contributed by atoms with van der Waals surface area (Å²) in [6.45, 7) is 10.4. The number of carbonyl (C=O) groups is 1. The number of carboxylic acid groups (broad SMARTS) is 1. The lowest BCUT2D eigenvalue weighted by Crippen LogP contribution is -2.04. The highest BCUT2D eigenvalue weighted by Gasteiger charge is 2.14. The predicted molar refractivity (Wildman–Crippen MR) is 141 cm³/mol. The smallest absolute Gasteiger partial charge is 0.305 e. The van der Waals surface area contributed by atoms with E-state index in [0.29, 0.717) is 13.2 Å². The molecule has 0 saturated heterocycles. The molecule has 34 heavy (non-hydrogen) atoms. The number of aromatic nitrogens is 1. The SMILES string of the molecule is C=N/C=C\C(=C/C)c1cccc2c(CCCOc3cc(C)c(Cl)c(C)c3)cn(CCC(=O)O)c12. The summed E-state index contributed by atoms with van der Waals surface area (Å²) in [5, 5.41) is 11.2. The van der Waals surface area contributed by atoms with E-state index in [2.05, 4.69) is 34.6 Å². The second-order valence-corrected chi connectivity index (χ2v) is 8.64. The van der Waals surface area contributed by atoms with Gasteiger partial charge in [-0.2, -0.15) is 0 Å². The van der Waals surface area contributed by atoms with E-state index in [0.717, 1.165) is 56.8 Å². The number of aliphatic carboxylic acids is 1. The summed E-state index contributed by atoms with van der Waals surface area (Å²) in [6, 6.07) is 10.1. The molecule has 0 saturated carbocycles. The highest BCUT2D eigenvalue weighted by molar-refractivity contribution is 6.32. The largest absolute Gasteiger partial charge is 0.494 e. The monoisotopic (exact) mass is 478 g/mol. The lowest BCUT2D eigenvalue weighted by molar-refractivity contribution is -0.137. The van der Waals surface area contributed by atoms with Gasteiger partial charge in [-0.25, -0.2) is 0 Å². The van der Waals surface area contributed by atoms with Gasteiger partial charge < -0.3 is 14.4 Å². The molecule has 1 N–H and O–H groups in total. The summed E-state index contributed by atoms with van der Waals surface area (Å²) >= 11 is 6.26. The van der Waals surface area contributed by atoms with Crippen LogP contribution in [0.15, 0.2) is 59.9 Å². The number of aliphatic imine (C=N–C) groups is 1. The molecule has 6 heteroatoms. The zero-order valence-electron chi connectivity index (χ0n) is 20.0. The van der Waals surface area contributed by atoms with Gasteiger partial charge >= 0.3 is 5.97 Å². The third kappa shape index (κ3) is 5.97. The molecule has 0 amide bonds. The number of halogens is 1. The quantitative estimate of drug-likeness (QED) is 0.183. The lowest BCUT2D eigenvalue weighted by Gasteiger charge is -2.10. The fourth-order valence-electron chi connectivity index (χ4n) is 4.18. The number of allylic oxidation sites excluding steroid dienone is 3. The lowest BCUT2D eigenvalue weighted by atomic mass is 10.00. The first-order chi connectivity index (χ1) is 16.3. The molecular formula is C28H31ClN2O3. The van der Waals surface area contributed by atoms with Crippen molar-refractivity contribution in [2.24, 2.45) is 4.99 Å². The molecule has 0 aliphatic heterocycles. The molecule has 5 nitrogen and oxygen atoms in total. The van der Waals surface area contributed by atoms with Gasteiger partial charge in [0.15, 0.2) is 0 Å². The summed E-state index contributed by atoms with van der Waals surface area (Å²) in [6.07, 6.45) is 9.40. The van der Waals surface area contributed by atoms with Gasteiger partial charge in [-0.15, -0.1) is 0 Å². The van der Waals surface area contributed by atoms with Crippen LogP contribution in [0.2, 0.25) is 5.02 Å². The highest BCUT2D eigenvalue weighted by Crippen LogP contribution is 2.31. The van der Waals surface area contributed by atoms with Crippen LogP contribution >= 0.6 is 11.6 Å². The van der Waals surface area contributed by atoms with E-state index >= 15 is 0 Å². The molecule has 0 aliphatic carbocycles. The van der Waals surface area contributed by atoms with Crippen molar-refractivity contribution in [3.63, 3.8) is 0 Å². The highest BCUT2D eigenvalue weighted by atomic mass is 35.5. The fourth-order valence-corrected chi connectivity index (χ4v) is 4.28. The second kappa shape index (κ2) is 11.7. The van der Waals surface area contributed by atoms with E-state index in [4.69, 9.17) is 16.3 Å². The van der Waals surface area contributed by atoms with Crippen LogP contribution in [0.1, 0.15) is 42.0 Å². The van der Waals surface area contributed by atoms with Crippen LogP contribution in [0.25, 0.3) is 16.5 Å². The standard InChI is InChI=1S/C28H31ClN2O3/c1-5-21(11-13-30-4)24-9-6-10-25-22(18-31(28(24)25)14-12-26(32)33)8-7-15-34-23-16-19(2)27(29)20(3)17-23/h5-6,9-11,13,16-18H,4,7-8,12,14-15H2,1-3H3,(H,32,33)/b13-11-,21-5+. The molecule has 3 aromatic rings. The van der Waals surface area contributed by atoms with Crippen molar-refractivity contribution in [3.8, 4) is 5.75 Å². The number of carboxylic acids is 1. The number of hydrogen-bond acceptors (Lipinski definition) is 3. The van der Waals surface area contributed by atoms with Crippen LogP contribution < -0.4 is 4.74 Å². The Morgan fingerprint density at radius 3 is 2.65 bits per heavy atom. The predicted octanol–water partition coefficient (Wildman–Crippen LogP) is 7.02. The van der Waals surface area contributed by atoms with Gasteiger partial charge in [-0.05, 0) is 80.8 Å². The molecule has 1 aromatic heterocycles. The zero-order valence-corrected chi connectivity index (χ0v) is 20.7. The number of nitrogens with zero attached hydrogens (tertiary/aromatic N) is 2. The van der Waals surface area contributed by atoms with Gasteiger partial charge in [0, 0.05) is 34.9 Å². The average molecular weight is 479 g/mol. The van der Waals surface area contributed by atoms with Gasteiger partial charge in [0.05, 0.1) is 18.5 Å². The van der Waals surface area contributed by atoms with E-state index < -0.39 is 5.97 Å². The number of para-hydroxylation sites is 1. The van der Waals surface area contributed by atoms with Crippen LogP contribution in [0.3, 0.4) is 0 Å². The first-order valence-corrected chi connectivity index (χ1v) is 11.7. The summed E-state index contributed by atoms with van der Waals surface area (Å²) in [5.41, 5.74) is 6.27. The zero-order chi connectivity index (χ0) is 24.7. The molecule has 3 rings (SSSR count). The Labute approximate surface area is 206 Å². The average Bonchev–Trinajstić information content (AvgIpc) is 3.17. The fraction of sp³-hybridized carbons (Fsp3) is 0.286. The normalized spacial score (nSPS) is 11.9. The Morgan fingerprint density at radius 1 is 1.26 bits per heavy atom. The van der Waals surface area contributed by atoms with Crippen LogP contribution in [0.4, 0.5) is 0 Å². The minimum atomic E-state index is -0.815. The molecular weight excluding hydrogens is 448 g/mol. The Balaban J connectivity index is 1.86. The van der Waals surface area contributed by atoms with E-state index in [9.17, 15) is 9.90 Å². The molecule has 0 bridgehead atoms. The number of ether oxygens (including phenoxy) is 1. The molecule has 1 heterocycles. The summed E-state index contributed by atoms with van der Waals surface area (Å²) in [5.74, 6) is 0.00996. The van der Waals surface area contributed by atoms with Crippen LogP contribution in [-0.4, -0.2) is 29.0 Å². The minimum Gasteiger partial charge on any atom is -0.494 e. The minimum absolute atomic E-state index is 0.0607. The molecule has 0 atom stereocenters. The molecule has 178 valence electrons. The number of fused-ring (bicyclic) bond motifs is 1. The number of rotatable bonds is 11. The van der Waals surface area contributed by atoms with Gasteiger partial charge in [0.2, 0.25) is 0 Å². The van der Waals surface area contributed by atoms with Crippen molar-refractivity contribution in [3.05, 3.63) is 82.2 Å². The summed E-state index contributed by atoms with van der Waals surface area (Å²) in [4.78, 5) is 15.1. The van der Waals surface area contributed by atoms with Gasteiger partial charge in [-0.3, -0.25) is 9.79 Å². The maximum absolute atomic E-state index is 11.3. The van der Waals surface area contributed by atoms with Crippen molar-refractivity contribution < 1.29 is 14.6 Å². The molecule has 0 unspecified atom stereocenters. The van der Waals surface area contributed by atoms with E-state index in [1.165, 1.54) is 5.56 Å². The Kier molecular flexibility index (Phi) is 8.72. The molecule has 0 aliphatic rings. The van der Waals surface area contributed by atoms with Crippen molar-refractivity contribution in [2.45, 2.75) is 46.6 Å². The van der Waals surface area contributed by atoms with E-state index in [-0.39, 0.29) is 6.42 Å². The third-order valence-electron chi connectivity index (χ3n) is 5.80. The van der Waals surface area contributed by atoms with Crippen LogP contribution in [0.5, 0.6) is 5.75 Å². The molecule has 0 spiro atoms. The topological polar surface area (TPSA) is 63.8 Å². The molecule has 2 aromatic carbocycles. The number of hydrogen-bond donors (Lipinski definition) is 1. The number of benzene rings is 2. The van der Waals surface area contributed by atoms with Crippen molar-refractivity contribution >= 4 is 40.8 Å². The summed E-state index contributed by atoms with van der Waals surface area (Å²) < 4.78 is 8.04. The Bertz CT molecular complexity index is 1230. The van der Waals surface area contributed by atoms with Crippen LogP contribution in [-0.2, 0) is 17.8 Å². The van der Waals surface area contributed by atoms with E-state index in [1.807, 2.05) is 51.1 Å². The van der Waals surface area contributed by atoms with Gasteiger partial charge in [0.25, 0.3) is 0 Å².